The van der Waals surface area contributed by atoms with E-state index in [-0.39, 0.29) is 18.4 Å². The molecular weight excluding hydrogens is 327 g/mol. The number of unbranched alkanes of at least 4 members (excludes halogenated alkanes) is 4. The maximum atomic E-state index is 11.4. The summed E-state index contributed by atoms with van der Waals surface area (Å²) in [6.45, 7) is 8.08. The van der Waals surface area contributed by atoms with E-state index in [1.807, 2.05) is 13.8 Å². The fourth-order valence-electron chi connectivity index (χ4n) is 3.65. The molecule has 24 heavy (non-hydrogen) atoms. The first-order valence-corrected chi connectivity index (χ1v) is 11.2. The van der Waals surface area contributed by atoms with Gasteiger partial charge in [-0.3, -0.25) is 4.52 Å². The second-order valence-corrected chi connectivity index (χ2v) is 8.20. The molecule has 146 valence electrons. The van der Waals surface area contributed by atoms with Crippen molar-refractivity contribution in [3.05, 3.63) is 0 Å². The van der Waals surface area contributed by atoms with E-state index < -0.39 is 13.4 Å². The maximum Gasteiger partial charge on any atom is 0.469 e. The lowest BCUT2D eigenvalue weighted by Crippen LogP contribution is -2.49. The largest absolute Gasteiger partial charge is 0.469 e. The van der Waals surface area contributed by atoms with Crippen molar-refractivity contribution in [2.45, 2.75) is 97.5 Å². The van der Waals surface area contributed by atoms with Crippen LogP contribution < -0.4 is 0 Å². The van der Waals surface area contributed by atoms with E-state index in [0.29, 0.717) is 0 Å². The van der Waals surface area contributed by atoms with Crippen LogP contribution in [-0.2, 0) is 9.09 Å². The van der Waals surface area contributed by atoms with Crippen LogP contribution in [0, 0.1) is 11.8 Å². The molecule has 2 unspecified atom stereocenters. The molecule has 0 rings (SSSR count). The SMILES string of the molecule is CCCCCC(CC)C(O)(COP(=O)(O)O)C(CC)CCCCC. The van der Waals surface area contributed by atoms with Crippen LogP contribution in [0.25, 0.3) is 0 Å². The van der Waals surface area contributed by atoms with Crippen molar-refractivity contribution in [1.82, 2.24) is 0 Å². The summed E-state index contributed by atoms with van der Waals surface area (Å²) >= 11 is 0. The Morgan fingerprint density at radius 3 is 1.58 bits per heavy atom. The van der Waals surface area contributed by atoms with Gasteiger partial charge >= 0.3 is 7.82 Å². The lowest BCUT2D eigenvalue weighted by atomic mass is 9.71. The molecule has 0 saturated carbocycles. The summed E-state index contributed by atoms with van der Waals surface area (Å²) < 4.78 is 16.0. The highest BCUT2D eigenvalue weighted by Crippen LogP contribution is 2.43. The summed E-state index contributed by atoms with van der Waals surface area (Å²) in [5.74, 6) is 0.00403. The van der Waals surface area contributed by atoms with E-state index in [9.17, 15) is 9.67 Å². The molecule has 0 amide bonds. The zero-order valence-corrected chi connectivity index (χ0v) is 16.9. The Morgan fingerprint density at radius 1 is 0.875 bits per heavy atom. The Morgan fingerprint density at radius 2 is 1.29 bits per heavy atom. The summed E-state index contributed by atoms with van der Waals surface area (Å²) in [5.41, 5.74) is -1.17. The van der Waals surface area contributed by atoms with Crippen LogP contribution in [0.2, 0.25) is 0 Å². The summed E-state index contributed by atoms with van der Waals surface area (Å²) in [4.78, 5) is 18.2. The van der Waals surface area contributed by atoms with Crippen molar-refractivity contribution in [2.75, 3.05) is 6.61 Å². The van der Waals surface area contributed by atoms with E-state index in [4.69, 9.17) is 14.3 Å². The van der Waals surface area contributed by atoms with Gasteiger partial charge in [0.15, 0.2) is 0 Å². The molecule has 0 spiro atoms. The van der Waals surface area contributed by atoms with Crippen LogP contribution >= 0.6 is 7.82 Å². The van der Waals surface area contributed by atoms with Crippen molar-refractivity contribution in [1.29, 1.82) is 0 Å². The second-order valence-electron chi connectivity index (χ2n) is 6.96. The predicted octanol–water partition coefficient (Wildman–Crippen LogP) is 5.04. The van der Waals surface area contributed by atoms with Gasteiger partial charge in [-0.05, 0) is 24.7 Å². The van der Waals surface area contributed by atoms with Crippen molar-refractivity contribution in [3.63, 3.8) is 0 Å². The summed E-state index contributed by atoms with van der Waals surface area (Å²) in [7, 11) is -4.59. The van der Waals surface area contributed by atoms with Crippen LogP contribution in [0.3, 0.4) is 0 Å². The molecule has 0 heterocycles. The Bertz CT molecular complexity index is 337. The third-order valence-electron chi connectivity index (χ3n) is 5.18. The van der Waals surface area contributed by atoms with Crippen LogP contribution in [0.5, 0.6) is 0 Å². The van der Waals surface area contributed by atoms with Gasteiger partial charge in [0.1, 0.15) is 0 Å². The third kappa shape index (κ3) is 8.96. The van der Waals surface area contributed by atoms with Gasteiger partial charge < -0.3 is 14.9 Å². The van der Waals surface area contributed by atoms with E-state index in [2.05, 4.69) is 13.8 Å². The van der Waals surface area contributed by atoms with Gasteiger partial charge in [-0.1, -0.05) is 79.1 Å². The molecule has 0 aromatic heterocycles. The molecule has 3 N–H and O–H groups in total. The molecule has 0 bridgehead atoms. The zero-order valence-electron chi connectivity index (χ0n) is 16.0. The highest BCUT2D eigenvalue weighted by Gasteiger charge is 2.43. The number of phosphoric acid groups is 1. The molecule has 0 saturated heterocycles. The Labute approximate surface area is 148 Å². The van der Waals surface area contributed by atoms with Gasteiger partial charge in [0.25, 0.3) is 0 Å². The normalized spacial score (nSPS) is 17.5. The number of aliphatic hydroxyl groups is 1. The van der Waals surface area contributed by atoms with Crippen LogP contribution in [0.1, 0.15) is 91.9 Å². The number of hydrogen-bond donors (Lipinski definition) is 3. The first-order valence-electron chi connectivity index (χ1n) is 9.67. The fraction of sp³-hybridized carbons (Fsp3) is 1.00. The smallest absolute Gasteiger partial charge is 0.387 e. The van der Waals surface area contributed by atoms with E-state index in [1.165, 1.54) is 0 Å². The minimum atomic E-state index is -4.59. The Balaban J connectivity index is 5.22. The molecule has 0 aliphatic heterocycles. The highest BCUT2D eigenvalue weighted by atomic mass is 31.2. The number of rotatable bonds is 15. The van der Waals surface area contributed by atoms with Crippen LogP contribution in [-0.4, -0.2) is 27.1 Å². The lowest BCUT2D eigenvalue weighted by Gasteiger charge is -2.42. The highest BCUT2D eigenvalue weighted by molar-refractivity contribution is 7.46. The molecule has 5 nitrogen and oxygen atoms in total. The number of hydrogen-bond acceptors (Lipinski definition) is 3. The third-order valence-corrected chi connectivity index (χ3v) is 5.64. The molecule has 0 fully saturated rings. The topological polar surface area (TPSA) is 87.0 Å². The molecule has 2 atom stereocenters. The fourth-order valence-corrected chi connectivity index (χ4v) is 4.03. The number of phosphoric ester groups is 1. The molecule has 0 aliphatic rings. The molecular formula is C18H39O5P. The van der Waals surface area contributed by atoms with Gasteiger partial charge in [0.05, 0.1) is 12.2 Å². The average molecular weight is 366 g/mol. The van der Waals surface area contributed by atoms with Crippen molar-refractivity contribution < 1.29 is 24.0 Å². The van der Waals surface area contributed by atoms with Gasteiger partial charge in [-0.15, -0.1) is 0 Å². The van der Waals surface area contributed by atoms with Gasteiger partial charge in [0.2, 0.25) is 0 Å². The first-order chi connectivity index (χ1) is 11.2. The van der Waals surface area contributed by atoms with Crippen molar-refractivity contribution in [2.24, 2.45) is 11.8 Å². The maximum absolute atomic E-state index is 11.4. The Hall–Kier alpha value is 0.0700. The zero-order chi connectivity index (χ0) is 18.6. The van der Waals surface area contributed by atoms with Crippen molar-refractivity contribution in [3.8, 4) is 0 Å². The van der Waals surface area contributed by atoms with Crippen molar-refractivity contribution >= 4 is 7.82 Å². The summed E-state index contributed by atoms with van der Waals surface area (Å²) in [5, 5.41) is 11.4. The lowest BCUT2D eigenvalue weighted by molar-refractivity contribution is -0.111. The average Bonchev–Trinajstić information content (AvgIpc) is 2.53. The molecule has 0 aromatic carbocycles. The van der Waals surface area contributed by atoms with Gasteiger partial charge in [-0.2, -0.15) is 0 Å². The standard InChI is InChI=1S/C18H39O5P/c1-5-9-11-13-16(7-3)18(19,15-23-24(20,21)22)17(8-4)14-12-10-6-2/h16-17,19H,5-15H2,1-4H3,(H2,20,21,22). The van der Waals surface area contributed by atoms with Crippen LogP contribution in [0.15, 0.2) is 0 Å². The molecule has 0 aromatic rings. The predicted molar refractivity (Wildman–Crippen MR) is 98.8 cm³/mol. The minimum absolute atomic E-state index is 0.00202. The quantitative estimate of drug-likeness (QED) is 0.279. The summed E-state index contributed by atoms with van der Waals surface area (Å²) in [6, 6.07) is 0. The first kappa shape index (κ1) is 24.1. The van der Waals surface area contributed by atoms with E-state index in [1.54, 1.807) is 0 Å². The summed E-state index contributed by atoms with van der Waals surface area (Å²) in [6.07, 6.45) is 9.81. The van der Waals surface area contributed by atoms with Crippen LogP contribution in [0.4, 0.5) is 0 Å². The van der Waals surface area contributed by atoms with E-state index >= 15 is 0 Å². The molecule has 0 radical (unpaired) electrons. The minimum Gasteiger partial charge on any atom is -0.387 e. The monoisotopic (exact) mass is 366 g/mol. The van der Waals surface area contributed by atoms with Gasteiger partial charge in [-0.25, -0.2) is 4.57 Å². The Kier molecular flexibility index (Phi) is 12.5. The van der Waals surface area contributed by atoms with E-state index in [0.717, 1.165) is 64.2 Å². The molecule has 6 heteroatoms. The van der Waals surface area contributed by atoms with Gasteiger partial charge in [0, 0.05) is 0 Å². The second kappa shape index (κ2) is 12.4. The molecule has 0 aliphatic carbocycles.